The molecule has 1 N–H and O–H groups in total. The zero-order valence-electron chi connectivity index (χ0n) is 11.6. The van der Waals surface area contributed by atoms with Crippen molar-refractivity contribution in [1.29, 1.82) is 0 Å². The summed E-state index contributed by atoms with van der Waals surface area (Å²) in [6.07, 6.45) is 3.65. The SMILES string of the molecule is CC12CCc3c(ccc4cc(O)ccc34)C1CCC2=O. The molecule has 20 heavy (non-hydrogen) atoms. The van der Waals surface area contributed by atoms with E-state index in [4.69, 9.17) is 0 Å². The Kier molecular flexibility index (Phi) is 2.30. The minimum atomic E-state index is -0.141. The van der Waals surface area contributed by atoms with Crippen molar-refractivity contribution in [2.45, 2.75) is 38.5 Å². The summed E-state index contributed by atoms with van der Waals surface area (Å²) in [4.78, 5) is 12.2. The predicted molar refractivity (Wildman–Crippen MR) is 79.0 cm³/mol. The maximum absolute atomic E-state index is 12.2. The van der Waals surface area contributed by atoms with Crippen molar-refractivity contribution >= 4 is 16.6 Å². The van der Waals surface area contributed by atoms with Crippen molar-refractivity contribution in [2.75, 3.05) is 0 Å². The summed E-state index contributed by atoms with van der Waals surface area (Å²) in [7, 11) is 0. The van der Waals surface area contributed by atoms with Crippen LogP contribution >= 0.6 is 0 Å². The van der Waals surface area contributed by atoms with Gasteiger partial charge in [-0.15, -0.1) is 0 Å². The Morgan fingerprint density at radius 1 is 1.20 bits per heavy atom. The van der Waals surface area contributed by atoms with Crippen LogP contribution in [0.4, 0.5) is 0 Å². The van der Waals surface area contributed by atoms with Crippen molar-refractivity contribution in [3.63, 3.8) is 0 Å². The van der Waals surface area contributed by atoms with E-state index in [1.807, 2.05) is 12.1 Å². The van der Waals surface area contributed by atoms with Crippen molar-refractivity contribution in [1.82, 2.24) is 0 Å². The summed E-state index contributed by atoms with van der Waals surface area (Å²) in [5.74, 6) is 1.14. The summed E-state index contributed by atoms with van der Waals surface area (Å²) in [5, 5.41) is 11.9. The lowest BCUT2D eigenvalue weighted by Gasteiger charge is -2.37. The number of phenolic OH excluding ortho intramolecular Hbond substituents is 1. The smallest absolute Gasteiger partial charge is 0.139 e. The predicted octanol–water partition coefficient (Wildman–Crippen LogP) is 3.94. The molecular weight excluding hydrogens is 248 g/mol. The first-order chi connectivity index (χ1) is 9.59. The Labute approximate surface area is 118 Å². The third-order valence-corrected chi connectivity index (χ3v) is 5.49. The monoisotopic (exact) mass is 266 g/mol. The average Bonchev–Trinajstić information content (AvgIpc) is 2.74. The summed E-state index contributed by atoms with van der Waals surface area (Å²) in [6.45, 7) is 2.15. The number of Topliss-reactive ketones (excluding diaryl/α,β-unsaturated/α-hetero) is 1. The van der Waals surface area contributed by atoms with Crippen molar-refractivity contribution in [3.8, 4) is 5.75 Å². The fraction of sp³-hybridized carbons (Fsp3) is 0.389. The maximum atomic E-state index is 12.2. The van der Waals surface area contributed by atoms with Gasteiger partial charge in [-0.3, -0.25) is 4.79 Å². The van der Waals surface area contributed by atoms with Crippen molar-refractivity contribution < 1.29 is 9.90 Å². The Morgan fingerprint density at radius 3 is 2.90 bits per heavy atom. The Bertz CT molecular complexity index is 732. The molecule has 0 saturated heterocycles. The van der Waals surface area contributed by atoms with Crippen LogP contribution in [-0.4, -0.2) is 10.9 Å². The minimum absolute atomic E-state index is 0.141. The Morgan fingerprint density at radius 2 is 2.05 bits per heavy atom. The molecule has 0 radical (unpaired) electrons. The molecule has 2 unspecified atom stereocenters. The molecule has 2 aliphatic carbocycles. The molecule has 0 amide bonds. The van der Waals surface area contributed by atoms with Crippen LogP contribution in [0.2, 0.25) is 0 Å². The largest absolute Gasteiger partial charge is 0.508 e. The molecule has 0 aliphatic heterocycles. The molecule has 4 rings (SSSR count). The van der Waals surface area contributed by atoms with Gasteiger partial charge in [0.15, 0.2) is 0 Å². The van der Waals surface area contributed by atoms with E-state index in [0.29, 0.717) is 17.5 Å². The molecule has 0 bridgehead atoms. The van der Waals surface area contributed by atoms with Crippen LogP contribution in [0.15, 0.2) is 30.3 Å². The molecule has 102 valence electrons. The highest BCUT2D eigenvalue weighted by molar-refractivity contribution is 5.92. The minimum Gasteiger partial charge on any atom is -0.508 e. The van der Waals surface area contributed by atoms with Crippen molar-refractivity contribution in [3.05, 3.63) is 41.5 Å². The van der Waals surface area contributed by atoms with E-state index in [9.17, 15) is 9.90 Å². The molecule has 2 aromatic carbocycles. The summed E-state index contributed by atoms with van der Waals surface area (Å²) >= 11 is 0. The quantitative estimate of drug-likeness (QED) is 0.784. The van der Waals surface area contributed by atoms with Gasteiger partial charge in [-0.1, -0.05) is 25.1 Å². The highest BCUT2D eigenvalue weighted by Gasteiger charge is 2.49. The van der Waals surface area contributed by atoms with Gasteiger partial charge >= 0.3 is 0 Å². The van der Waals surface area contributed by atoms with E-state index in [1.54, 1.807) is 6.07 Å². The molecule has 0 aromatic heterocycles. The van der Waals surface area contributed by atoms with Gasteiger partial charge in [0.05, 0.1) is 0 Å². The molecule has 0 heterocycles. The number of carbonyl (C=O) groups is 1. The average molecular weight is 266 g/mol. The van der Waals surface area contributed by atoms with E-state index in [2.05, 4.69) is 19.1 Å². The maximum Gasteiger partial charge on any atom is 0.139 e. The molecular formula is C18H18O2. The van der Waals surface area contributed by atoms with Crippen LogP contribution in [0.3, 0.4) is 0 Å². The first-order valence-corrected chi connectivity index (χ1v) is 7.37. The molecule has 2 atom stereocenters. The first kappa shape index (κ1) is 12.0. The van der Waals surface area contributed by atoms with Gasteiger partial charge in [0.25, 0.3) is 0 Å². The topological polar surface area (TPSA) is 37.3 Å². The fourth-order valence-electron chi connectivity index (χ4n) is 4.27. The second-order valence-electron chi connectivity index (χ2n) is 6.47. The van der Waals surface area contributed by atoms with E-state index in [-0.39, 0.29) is 5.41 Å². The number of carbonyl (C=O) groups excluding carboxylic acids is 1. The molecule has 2 aliphatic rings. The van der Waals surface area contributed by atoms with Crippen molar-refractivity contribution in [2.24, 2.45) is 5.41 Å². The standard InChI is InChI=1S/C18H18O2/c1-18-9-8-14-13-5-3-12(19)10-11(13)2-4-15(14)16(18)6-7-17(18)20/h2-5,10,16,19H,6-9H2,1H3. The summed E-state index contributed by atoms with van der Waals surface area (Å²) < 4.78 is 0. The van der Waals surface area contributed by atoms with E-state index < -0.39 is 0 Å². The number of aryl methyl sites for hydroxylation is 1. The lowest BCUT2D eigenvalue weighted by molar-refractivity contribution is -0.126. The number of ketones is 1. The fourth-order valence-corrected chi connectivity index (χ4v) is 4.27. The third kappa shape index (κ3) is 1.42. The molecule has 2 nitrogen and oxygen atoms in total. The van der Waals surface area contributed by atoms with Gasteiger partial charge in [-0.2, -0.15) is 0 Å². The zero-order chi connectivity index (χ0) is 13.9. The number of rotatable bonds is 0. The summed E-state index contributed by atoms with van der Waals surface area (Å²) in [6, 6.07) is 9.86. The Balaban J connectivity index is 1.95. The van der Waals surface area contributed by atoms with Gasteiger partial charge < -0.3 is 5.11 Å². The van der Waals surface area contributed by atoms with Crippen LogP contribution in [0.5, 0.6) is 5.75 Å². The Hall–Kier alpha value is -1.83. The molecule has 2 heteroatoms. The third-order valence-electron chi connectivity index (χ3n) is 5.49. The van der Waals surface area contributed by atoms with E-state index in [1.165, 1.54) is 16.5 Å². The second kappa shape index (κ2) is 3.85. The van der Waals surface area contributed by atoms with Crippen LogP contribution in [-0.2, 0) is 11.2 Å². The number of aromatic hydroxyl groups is 1. The number of benzene rings is 2. The second-order valence-corrected chi connectivity index (χ2v) is 6.47. The number of fused-ring (bicyclic) bond motifs is 5. The molecule has 1 fully saturated rings. The highest BCUT2D eigenvalue weighted by atomic mass is 16.3. The van der Waals surface area contributed by atoms with E-state index in [0.717, 1.165) is 31.1 Å². The number of phenols is 1. The molecule has 2 aromatic rings. The number of hydrogen-bond donors (Lipinski definition) is 1. The lowest BCUT2D eigenvalue weighted by atomic mass is 9.66. The highest BCUT2D eigenvalue weighted by Crippen LogP contribution is 2.54. The van der Waals surface area contributed by atoms with Crippen LogP contribution in [0.1, 0.15) is 43.2 Å². The normalized spacial score (nSPS) is 28.4. The van der Waals surface area contributed by atoms with Crippen LogP contribution < -0.4 is 0 Å². The van der Waals surface area contributed by atoms with Gasteiger partial charge in [0, 0.05) is 11.8 Å². The lowest BCUT2D eigenvalue weighted by Crippen LogP contribution is -2.32. The van der Waals surface area contributed by atoms with E-state index >= 15 is 0 Å². The van der Waals surface area contributed by atoms with Gasteiger partial charge in [0.1, 0.15) is 11.5 Å². The zero-order valence-corrected chi connectivity index (χ0v) is 11.6. The first-order valence-electron chi connectivity index (χ1n) is 7.37. The van der Waals surface area contributed by atoms with Gasteiger partial charge in [-0.25, -0.2) is 0 Å². The molecule has 1 saturated carbocycles. The van der Waals surface area contributed by atoms with Crippen LogP contribution in [0, 0.1) is 5.41 Å². The van der Waals surface area contributed by atoms with Gasteiger partial charge in [0.2, 0.25) is 0 Å². The summed E-state index contributed by atoms with van der Waals surface area (Å²) in [5.41, 5.74) is 2.61. The molecule has 0 spiro atoms. The van der Waals surface area contributed by atoms with Gasteiger partial charge in [-0.05, 0) is 59.2 Å². The number of hydrogen-bond acceptors (Lipinski definition) is 2. The van der Waals surface area contributed by atoms with Crippen LogP contribution in [0.25, 0.3) is 10.8 Å².